The maximum absolute atomic E-state index is 2.43. The lowest BCUT2D eigenvalue weighted by molar-refractivity contribution is -0.697. The third-order valence-electron chi connectivity index (χ3n) is 8.20. The van der Waals surface area contributed by atoms with Crippen LogP contribution in [-0.4, -0.2) is 4.57 Å². The molecule has 2 nitrogen and oxygen atoms in total. The lowest BCUT2D eigenvalue weighted by Crippen LogP contribution is -2.36. The zero-order chi connectivity index (χ0) is 25.5. The monoisotopic (exact) mass is 487 g/mol. The van der Waals surface area contributed by atoms with Crippen molar-refractivity contribution in [1.82, 2.24) is 4.57 Å². The molecule has 0 aliphatic carbocycles. The molecule has 0 spiro atoms. The molecule has 0 N–H and O–H groups in total. The van der Waals surface area contributed by atoms with Gasteiger partial charge in [-0.15, -0.1) is 0 Å². The maximum Gasteiger partial charge on any atom is 0.243 e. The first-order chi connectivity index (χ1) is 17.6. The van der Waals surface area contributed by atoms with Crippen molar-refractivity contribution in [3.8, 4) is 0 Å². The number of aromatic nitrogens is 2. The molecule has 1 aromatic heterocycles. The van der Waals surface area contributed by atoms with E-state index in [0.717, 1.165) is 13.0 Å². The van der Waals surface area contributed by atoms with Gasteiger partial charge in [0.05, 0.1) is 6.54 Å². The van der Waals surface area contributed by atoms with Crippen molar-refractivity contribution in [1.29, 1.82) is 0 Å². The number of aryl methyl sites for hydroxylation is 1. The molecule has 0 saturated heterocycles. The number of hydrogen-bond acceptors (Lipinski definition) is 0. The van der Waals surface area contributed by atoms with Gasteiger partial charge < -0.3 is 0 Å². The summed E-state index contributed by atoms with van der Waals surface area (Å²) in [5.41, 5.74) is 2.81. The van der Waals surface area contributed by atoms with E-state index >= 15 is 0 Å². The van der Waals surface area contributed by atoms with Crippen LogP contribution in [0.25, 0.3) is 0 Å². The predicted octanol–water partition coefficient (Wildman–Crippen LogP) is 9.24. The Morgan fingerprint density at radius 3 is 1.83 bits per heavy atom. The molecule has 0 bridgehead atoms. The third kappa shape index (κ3) is 8.95. The minimum Gasteiger partial charge on any atom is -0.237 e. The van der Waals surface area contributed by atoms with Gasteiger partial charge in [0.25, 0.3) is 0 Å². The topological polar surface area (TPSA) is 8.81 Å². The Kier molecular flexibility index (Phi) is 12.3. The molecular weight excluding hydrogens is 436 g/mol. The third-order valence-corrected chi connectivity index (χ3v) is 8.20. The lowest BCUT2D eigenvalue weighted by Gasteiger charge is -2.34. The SMILES string of the molecule is CCCCCCCCCCCCCC[n+]1ccn(C(C)C(C)(Cc2ccccc2)c2ccccc2)c1. The minimum atomic E-state index is 0.00939. The maximum atomic E-state index is 2.43. The second-order valence-corrected chi connectivity index (χ2v) is 11.1. The Morgan fingerprint density at radius 1 is 0.722 bits per heavy atom. The van der Waals surface area contributed by atoms with E-state index in [1.165, 1.54) is 88.2 Å². The summed E-state index contributed by atoms with van der Waals surface area (Å²) in [5, 5.41) is 0. The minimum absolute atomic E-state index is 0.00939. The Labute approximate surface area is 221 Å². The first-order valence-electron chi connectivity index (χ1n) is 14.8. The van der Waals surface area contributed by atoms with E-state index in [0.29, 0.717) is 6.04 Å². The highest BCUT2D eigenvalue weighted by Crippen LogP contribution is 2.38. The van der Waals surface area contributed by atoms with E-state index in [-0.39, 0.29) is 5.41 Å². The summed E-state index contributed by atoms with van der Waals surface area (Å²) in [5.74, 6) is 0. The highest BCUT2D eigenvalue weighted by Gasteiger charge is 2.37. The quantitative estimate of drug-likeness (QED) is 0.125. The summed E-state index contributed by atoms with van der Waals surface area (Å²) < 4.78 is 4.82. The average Bonchev–Trinajstić information content (AvgIpc) is 3.38. The van der Waals surface area contributed by atoms with E-state index in [9.17, 15) is 0 Å². The number of hydrogen-bond donors (Lipinski definition) is 0. The normalized spacial score (nSPS) is 14.0. The second-order valence-electron chi connectivity index (χ2n) is 11.1. The molecule has 2 atom stereocenters. The number of rotatable bonds is 18. The fourth-order valence-electron chi connectivity index (χ4n) is 5.57. The number of benzene rings is 2. The molecule has 36 heavy (non-hydrogen) atoms. The molecule has 196 valence electrons. The van der Waals surface area contributed by atoms with Crippen LogP contribution in [-0.2, 0) is 18.4 Å². The summed E-state index contributed by atoms with van der Waals surface area (Å²) >= 11 is 0. The zero-order valence-electron chi connectivity index (χ0n) is 23.4. The second kappa shape index (κ2) is 15.7. The Hall–Kier alpha value is -2.35. The van der Waals surface area contributed by atoms with E-state index in [1.807, 2.05) is 0 Å². The summed E-state index contributed by atoms with van der Waals surface area (Å²) in [6.07, 6.45) is 24.7. The van der Waals surface area contributed by atoms with Gasteiger partial charge in [-0.05, 0) is 37.3 Å². The van der Waals surface area contributed by atoms with Gasteiger partial charge >= 0.3 is 0 Å². The Bertz CT molecular complexity index is 946. The Balaban J connectivity index is 1.45. The molecule has 1 heterocycles. The highest BCUT2D eigenvalue weighted by atomic mass is 15.1. The van der Waals surface area contributed by atoms with Gasteiger partial charge in [-0.3, -0.25) is 0 Å². The van der Waals surface area contributed by atoms with Crippen LogP contribution < -0.4 is 4.57 Å². The van der Waals surface area contributed by atoms with Crippen LogP contribution in [0.15, 0.2) is 79.4 Å². The van der Waals surface area contributed by atoms with Gasteiger partial charge in [0.2, 0.25) is 6.33 Å². The van der Waals surface area contributed by atoms with Crippen molar-refractivity contribution >= 4 is 0 Å². The molecule has 0 saturated carbocycles. The summed E-state index contributed by atoms with van der Waals surface area (Å²) in [7, 11) is 0. The van der Waals surface area contributed by atoms with Crippen LogP contribution in [0, 0.1) is 0 Å². The van der Waals surface area contributed by atoms with Crippen LogP contribution in [0.2, 0.25) is 0 Å². The molecule has 2 aromatic carbocycles. The van der Waals surface area contributed by atoms with E-state index < -0.39 is 0 Å². The molecule has 3 rings (SSSR count). The lowest BCUT2D eigenvalue weighted by atomic mass is 9.72. The van der Waals surface area contributed by atoms with Crippen molar-refractivity contribution in [2.45, 2.75) is 122 Å². The standard InChI is InChI=1S/C34H51N2/c1-4-5-6-7-8-9-10-11-12-13-14-21-26-35-27-28-36(30-35)31(2)34(3,33-24-19-16-20-25-33)29-32-22-17-15-18-23-32/h15-20,22-25,27-28,30-31H,4-14,21,26,29H2,1-3H3/q+1. The van der Waals surface area contributed by atoms with Crippen LogP contribution >= 0.6 is 0 Å². The first-order valence-corrected chi connectivity index (χ1v) is 14.8. The van der Waals surface area contributed by atoms with Gasteiger partial charge in [-0.25, -0.2) is 9.13 Å². The number of imidazole rings is 1. The molecule has 0 amide bonds. The molecule has 0 fully saturated rings. The highest BCUT2D eigenvalue weighted by molar-refractivity contribution is 5.30. The van der Waals surface area contributed by atoms with Gasteiger partial charge in [0.15, 0.2) is 0 Å². The van der Waals surface area contributed by atoms with E-state index in [1.54, 1.807) is 0 Å². The number of nitrogens with zero attached hydrogens (tertiary/aromatic N) is 2. The van der Waals surface area contributed by atoms with Gasteiger partial charge in [-0.2, -0.15) is 0 Å². The van der Waals surface area contributed by atoms with Crippen molar-refractivity contribution in [2.24, 2.45) is 0 Å². The molecule has 0 aliphatic rings. The summed E-state index contributed by atoms with van der Waals surface area (Å²) in [6, 6.07) is 22.4. The van der Waals surface area contributed by atoms with Gasteiger partial charge in [-0.1, -0.05) is 139 Å². The van der Waals surface area contributed by atoms with Crippen LogP contribution in [0.5, 0.6) is 0 Å². The van der Waals surface area contributed by atoms with E-state index in [4.69, 9.17) is 0 Å². The molecule has 0 radical (unpaired) electrons. The molecule has 0 aliphatic heterocycles. The average molecular weight is 488 g/mol. The molecular formula is C34H51N2+. The summed E-state index contributed by atoms with van der Waals surface area (Å²) in [6.45, 7) is 8.22. The van der Waals surface area contributed by atoms with Crippen molar-refractivity contribution < 1.29 is 4.57 Å². The van der Waals surface area contributed by atoms with E-state index in [2.05, 4.69) is 109 Å². The zero-order valence-corrected chi connectivity index (χ0v) is 23.4. The molecule has 2 unspecified atom stereocenters. The fourth-order valence-corrected chi connectivity index (χ4v) is 5.57. The molecule has 3 aromatic rings. The van der Waals surface area contributed by atoms with Crippen molar-refractivity contribution in [3.63, 3.8) is 0 Å². The van der Waals surface area contributed by atoms with Crippen LogP contribution in [0.3, 0.4) is 0 Å². The van der Waals surface area contributed by atoms with Crippen molar-refractivity contribution in [3.05, 3.63) is 90.5 Å². The Morgan fingerprint density at radius 2 is 1.25 bits per heavy atom. The molecule has 2 heteroatoms. The van der Waals surface area contributed by atoms with Gasteiger partial charge in [0.1, 0.15) is 18.4 Å². The predicted molar refractivity (Wildman–Crippen MR) is 154 cm³/mol. The van der Waals surface area contributed by atoms with Crippen LogP contribution in [0.1, 0.15) is 115 Å². The van der Waals surface area contributed by atoms with Gasteiger partial charge in [0, 0.05) is 5.41 Å². The fraction of sp³-hybridized carbons (Fsp3) is 0.559. The number of unbranched alkanes of at least 4 members (excludes halogenated alkanes) is 11. The largest absolute Gasteiger partial charge is 0.243 e. The van der Waals surface area contributed by atoms with Crippen molar-refractivity contribution in [2.75, 3.05) is 0 Å². The van der Waals surface area contributed by atoms with Crippen LogP contribution in [0.4, 0.5) is 0 Å². The summed E-state index contributed by atoms with van der Waals surface area (Å²) in [4.78, 5) is 0. The first kappa shape index (κ1) is 28.2. The smallest absolute Gasteiger partial charge is 0.237 e.